The van der Waals surface area contributed by atoms with E-state index >= 15 is 0 Å². The van der Waals surface area contributed by atoms with E-state index in [1.165, 1.54) is 56.3 Å². The smallest absolute Gasteiger partial charge is 0.0408 e. The number of benzene rings is 1. The molecule has 0 amide bonds. The van der Waals surface area contributed by atoms with E-state index in [1.807, 2.05) is 6.07 Å². The van der Waals surface area contributed by atoms with Crippen LogP contribution in [0.1, 0.15) is 36.8 Å². The van der Waals surface area contributed by atoms with Gasteiger partial charge in [-0.25, -0.2) is 0 Å². The Hall–Kier alpha value is -0.570. The van der Waals surface area contributed by atoms with Gasteiger partial charge in [0.1, 0.15) is 0 Å². The molecule has 4 rings (SSSR count). The number of piperidine rings is 1. The van der Waals surface area contributed by atoms with Gasteiger partial charge in [-0.1, -0.05) is 17.7 Å². The highest BCUT2D eigenvalue weighted by atomic mass is 35.5. The average Bonchev–Trinajstić information content (AvgIpc) is 3.03. The van der Waals surface area contributed by atoms with Crippen molar-refractivity contribution in [2.24, 2.45) is 0 Å². The van der Waals surface area contributed by atoms with Gasteiger partial charge in [-0.15, -0.1) is 0 Å². The van der Waals surface area contributed by atoms with E-state index in [-0.39, 0.29) is 0 Å². The number of nitrogens with one attached hydrogen (secondary N) is 1. The largest absolute Gasteiger partial charge is 0.310 e. The number of hydrogen-bond acceptors (Lipinski definition) is 2. The molecule has 3 aliphatic rings. The SMILES string of the molecule is Clc1ccc2c(c1)CC(NC1CCN3CCCC3C1)C2. The summed E-state index contributed by atoms with van der Waals surface area (Å²) < 4.78 is 0. The standard InChI is InChI=1S/C17H23ClN2/c18-14-4-3-12-9-16(10-13(12)8-14)19-15-5-7-20-6-1-2-17(20)11-15/h3-4,8,15-17,19H,1-2,5-7,9-11H2. The molecule has 1 aromatic rings. The molecule has 0 spiro atoms. The maximum atomic E-state index is 6.10. The number of halogens is 1. The summed E-state index contributed by atoms with van der Waals surface area (Å²) in [7, 11) is 0. The van der Waals surface area contributed by atoms with Gasteiger partial charge in [0.25, 0.3) is 0 Å². The molecule has 3 heteroatoms. The van der Waals surface area contributed by atoms with Gasteiger partial charge in [0, 0.05) is 23.1 Å². The molecule has 0 saturated carbocycles. The molecule has 1 aromatic carbocycles. The minimum atomic E-state index is 0.626. The molecule has 1 N–H and O–H groups in total. The maximum Gasteiger partial charge on any atom is 0.0408 e. The molecule has 0 radical (unpaired) electrons. The molecule has 3 unspecified atom stereocenters. The van der Waals surface area contributed by atoms with E-state index in [2.05, 4.69) is 22.3 Å². The number of rotatable bonds is 2. The third-order valence-electron chi connectivity index (χ3n) is 5.39. The van der Waals surface area contributed by atoms with Crippen LogP contribution in [0, 0.1) is 0 Å². The Bertz CT molecular complexity index is 502. The Kier molecular flexibility index (Phi) is 3.49. The van der Waals surface area contributed by atoms with Gasteiger partial charge in [-0.3, -0.25) is 0 Å². The zero-order chi connectivity index (χ0) is 13.5. The Morgan fingerprint density at radius 3 is 2.90 bits per heavy atom. The zero-order valence-corrected chi connectivity index (χ0v) is 12.7. The Labute approximate surface area is 126 Å². The van der Waals surface area contributed by atoms with Crippen molar-refractivity contribution >= 4 is 11.6 Å². The fourth-order valence-electron chi connectivity index (χ4n) is 4.41. The van der Waals surface area contributed by atoms with Gasteiger partial charge in [-0.2, -0.15) is 0 Å². The highest BCUT2D eigenvalue weighted by Crippen LogP contribution is 2.29. The van der Waals surface area contributed by atoms with Gasteiger partial charge in [-0.05, 0) is 74.9 Å². The van der Waals surface area contributed by atoms with Crippen molar-refractivity contribution in [3.05, 3.63) is 34.3 Å². The van der Waals surface area contributed by atoms with Gasteiger partial charge >= 0.3 is 0 Å². The Morgan fingerprint density at radius 1 is 1.05 bits per heavy atom. The van der Waals surface area contributed by atoms with Crippen molar-refractivity contribution in [1.29, 1.82) is 0 Å². The molecular formula is C17H23ClN2. The third-order valence-corrected chi connectivity index (χ3v) is 5.63. The topological polar surface area (TPSA) is 15.3 Å². The second kappa shape index (κ2) is 5.32. The summed E-state index contributed by atoms with van der Waals surface area (Å²) >= 11 is 6.10. The number of fused-ring (bicyclic) bond motifs is 2. The van der Waals surface area contributed by atoms with Crippen molar-refractivity contribution in [2.75, 3.05) is 13.1 Å². The first-order valence-corrected chi connectivity index (χ1v) is 8.43. The first-order valence-electron chi connectivity index (χ1n) is 8.05. The van der Waals surface area contributed by atoms with Crippen LogP contribution in [-0.2, 0) is 12.8 Å². The van der Waals surface area contributed by atoms with Crippen LogP contribution < -0.4 is 5.32 Å². The van der Waals surface area contributed by atoms with E-state index in [0.717, 1.165) is 23.5 Å². The highest BCUT2D eigenvalue weighted by Gasteiger charge is 2.33. The first-order chi connectivity index (χ1) is 9.78. The second-order valence-electron chi connectivity index (χ2n) is 6.74. The van der Waals surface area contributed by atoms with E-state index < -0.39 is 0 Å². The third kappa shape index (κ3) is 2.49. The lowest BCUT2D eigenvalue weighted by molar-refractivity contribution is 0.161. The summed E-state index contributed by atoms with van der Waals surface area (Å²) in [5, 5.41) is 4.81. The average molecular weight is 291 g/mol. The molecule has 2 saturated heterocycles. The van der Waals surface area contributed by atoms with Gasteiger partial charge in [0.2, 0.25) is 0 Å². The summed E-state index contributed by atoms with van der Waals surface area (Å²) in [5.41, 5.74) is 2.94. The van der Waals surface area contributed by atoms with Crippen LogP contribution in [0.5, 0.6) is 0 Å². The van der Waals surface area contributed by atoms with Crippen LogP contribution in [0.15, 0.2) is 18.2 Å². The fraction of sp³-hybridized carbons (Fsp3) is 0.647. The molecular weight excluding hydrogens is 268 g/mol. The van der Waals surface area contributed by atoms with E-state index in [9.17, 15) is 0 Å². The monoisotopic (exact) mass is 290 g/mol. The van der Waals surface area contributed by atoms with E-state index in [1.54, 1.807) is 0 Å². The Morgan fingerprint density at radius 2 is 1.95 bits per heavy atom. The predicted molar refractivity (Wildman–Crippen MR) is 83.4 cm³/mol. The molecule has 0 bridgehead atoms. The minimum absolute atomic E-state index is 0.626. The normalized spacial score (nSPS) is 33.1. The quantitative estimate of drug-likeness (QED) is 0.901. The summed E-state index contributed by atoms with van der Waals surface area (Å²) in [6.07, 6.45) is 7.83. The minimum Gasteiger partial charge on any atom is -0.310 e. The van der Waals surface area contributed by atoms with Crippen LogP contribution in [0.3, 0.4) is 0 Å². The second-order valence-corrected chi connectivity index (χ2v) is 7.17. The highest BCUT2D eigenvalue weighted by molar-refractivity contribution is 6.30. The zero-order valence-electron chi connectivity index (χ0n) is 11.9. The fourth-order valence-corrected chi connectivity index (χ4v) is 4.61. The molecule has 3 atom stereocenters. The molecule has 2 fully saturated rings. The Balaban J connectivity index is 1.37. The van der Waals surface area contributed by atoms with Crippen LogP contribution in [0.25, 0.3) is 0 Å². The molecule has 2 aliphatic heterocycles. The van der Waals surface area contributed by atoms with Crippen LogP contribution in [0.4, 0.5) is 0 Å². The molecule has 2 nitrogen and oxygen atoms in total. The van der Waals surface area contributed by atoms with E-state index in [4.69, 9.17) is 11.6 Å². The van der Waals surface area contributed by atoms with Crippen molar-refractivity contribution in [3.8, 4) is 0 Å². The van der Waals surface area contributed by atoms with E-state index in [0.29, 0.717) is 6.04 Å². The molecule has 2 heterocycles. The summed E-state index contributed by atoms with van der Waals surface area (Å²) in [5.74, 6) is 0. The summed E-state index contributed by atoms with van der Waals surface area (Å²) in [6.45, 7) is 2.64. The van der Waals surface area contributed by atoms with Gasteiger partial charge < -0.3 is 10.2 Å². The number of hydrogen-bond donors (Lipinski definition) is 1. The van der Waals surface area contributed by atoms with Gasteiger partial charge in [0.15, 0.2) is 0 Å². The van der Waals surface area contributed by atoms with Crippen molar-refractivity contribution in [3.63, 3.8) is 0 Å². The lowest BCUT2D eigenvalue weighted by Crippen LogP contribution is -2.48. The predicted octanol–water partition coefficient (Wildman–Crippen LogP) is 3.02. The van der Waals surface area contributed by atoms with Crippen LogP contribution >= 0.6 is 11.6 Å². The van der Waals surface area contributed by atoms with Crippen molar-refractivity contribution in [2.45, 2.75) is 56.7 Å². The van der Waals surface area contributed by atoms with Crippen molar-refractivity contribution in [1.82, 2.24) is 10.2 Å². The maximum absolute atomic E-state index is 6.10. The summed E-state index contributed by atoms with van der Waals surface area (Å²) in [4.78, 5) is 2.70. The lowest BCUT2D eigenvalue weighted by atomic mass is 9.96. The number of nitrogens with zero attached hydrogens (tertiary/aromatic N) is 1. The van der Waals surface area contributed by atoms with Gasteiger partial charge in [0.05, 0.1) is 0 Å². The van der Waals surface area contributed by atoms with Crippen LogP contribution in [0.2, 0.25) is 5.02 Å². The van der Waals surface area contributed by atoms with Crippen LogP contribution in [-0.4, -0.2) is 36.1 Å². The first kappa shape index (κ1) is 13.1. The molecule has 20 heavy (non-hydrogen) atoms. The summed E-state index contributed by atoms with van der Waals surface area (Å²) in [6, 6.07) is 8.60. The molecule has 0 aromatic heterocycles. The molecule has 108 valence electrons. The molecule has 1 aliphatic carbocycles. The lowest BCUT2D eigenvalue weighted by Gasteiger charge is -2.36. The van der Waals surface area contributed by atoms with Crippen molar-refractivity contribution < 1.29 is 0 Å².